The maximum absolute atomic E-state index is 5.93. The lowest BCUT2D eigenvalue weighted by Crippen LogP contribution is -2.54. The topological polar surface area (TPSA) is 38.0 Å². The highest BCUT2D eigenvalue weighted by atomic mass is 15.0. The van der Waals surface area contributed by atoms with Gasteiger partial charge < -0.3 is 11.1 Å². The van der Waals surface area contributed by atoms with E-state index in [1.165, 1.54) is 25.7 Å². The minimum atomic E-state index is 0.234. The van der Waals surface area contributed by atoms with Crippen LogP contribution in [0.1, 0.15) is 39.0 Å². The number of hydrogen-bond donors (Lipinski definition) is 2. The van der Waals surface area contributed by atoms with Crippen molar-refractivity contribution < 1.29 is 0 Å². The standard InChI is InChI=1S/C12H24N2/c1-3-5-9-14-12(10-13)8-6-7-11(12)4-2/h3,11,14H,1,4-10,13H2,2H3. The van der Waals surface area contributed by atoms with E-state index >= 15 is 0 Å². The zero-order valence-electron chi connectivity index (χ0n) is 9.39. The van der Waals surface area contributed by atoms with Crippen LogP contribution in [0.5, 0.6) is 0 Å². The van der Waals surface area contributed by atoms with E-state index < -0.39 is 0 Å². The third-order valence-corrected chi connectivity index (χ3v) is 3.64. The van der Waals surface area contributed by atoms with Gasteiger partial charge in [-0.2, -0.15) is 0 Å². The summed E-state index contributed by atoms with van der Waals surface area (Å²) in [5.74, 6) is 0.775. The molecule has 1 fully saturated rings. The molecule has 14 heavy (non-hydrogen) atoms. The molecule has 0 amide bonds. The van der Waals surface area contributed by atoms with E-state index in [0.717, 1.165) is 25.4 Å². The molecule has 0 aromatic rings. The first-order valence-corrected chi connectivity index (χ1v) is 5.85. The Hall–Kier alpha value is -0.340. The predicted octanol–water partition coefficient (Wildman–Crippen LogP) is 2.06. The third-order valence-electron chi connectivity index (χ3n) is 3.64. The molecular weight excluding hydrogens is 172 g/mol. The summed E-state index contributed by atoms with van der Waals surface area (Å²) in [6.07, 6.45) is 8.17. The zero-order chi connectivity index (χ0) is 10.4. The fourth-order valence-corrected chi connectivity index (χ4v) is 2.74. The normalized spacial score (nSPS) is 32.0. The first-order chi connectivity index (χ1) is 6.79. The van der Waals surface area contributed by atoms with Gasteiger partial charge in [0.15, 0.2) is 0 Å². The van der Waals surface area contributed by atoms with E-state index in [4.69, 9.17) is 5.73 Å². The second-order valence-electron chi connectivity index (χ2n) is 4.36. The molecule has 1 saturated carbocycles. The van der Waals surface area contributed by atoms with Crippen LogP contribution in [0.4, 0.5) is 0 Å². The lowest BCUT2D eigenvalue weighted by Gasteiger charge is -2.35. The second kappa shape index (κ2) is 5.52. The van der Waals surface area contributed by atoms with Gasteiger partial charge in [0.05, 0.1) is 0 Å². The summed E-state index contributed by atoms with van der Waals surface area (Å²) < 4.78 is 0. The summed E-state index contributed by atoms with van der Waals surface area (Å²) in [5, 5.41) is 3.65. The molecule has 1 rings (SSSR count). The molecule has 0 bridgehead atoms. The van der Waals surface area contributed by atoms with E-state index in [1.54, 1.807) is 0 Å². The fourth-order valence-electron chi connectivity index (χ4n) is 2.74. The number of rotatable bonds is 6. The summed E-state index contributed by atoms with van der Waals surface area (Å²) in [6.45, 7) is 7.82. The lowest BCUT2D eigenvalue weighted by atomic mass is 9.85. The Morgan fingerprint density at radius 3 is 3.00 bits per heavy atom. The summed E-state index contributed by atoms with van der Waals surface area (Å²) in [6, 6.07) is 0. The summed E-state index contributed by atoms with van der Waals surface area (Å²) >= 11 is 0. The van der Waals surface area contributed by atoms with Crippen molar-refractivity contribution in [3.63, 3.8) is 0 Å². The molecule has 3 N–H and O–H groups in total. The zero-order valence-corrected chi connectivity index (χ0v) is 9.39. The van der Waals surface area contributed by atoms with Crippen LogP contribution in [0, 0.1) is 5.92 Å². The minimum Gasteiger partial charge on any atom is -0.329 e. The summed E-state index contributed by atoms with van der Waals surface area (Å²) in [4.78, 5) is 0. The molecular formula is C12H24N2. The van der Waals surface area contributed by atoms with E-state index in [0.29, 0.717) is 0 Å². The van der Waals surface area contributed by atoms with E-state index in [-0.39, 0.29) is 5.54 Å². The Balaban J connectivity index is 2.50. The van der Waals surface area contributed by atoms with Crippen LogP contribution < -0.4 is 11.1 Å². The van der Waals surface area contributed by atoms with Crippen molar-refractivity contribution in [2.75, 3.05) is 13.1 Å². The van der Waals surface area contributed by atoms with Crippen molar-refractivity contribution in [2.24, 2.45) is 11.7 Å². The van der Waals surface area contributed by atoms with Gasteiger partial charge in [0.2, 0.25) is 0 Å². The summed E-state index contributed by atoms with van der Waals surface area (Å²) in [7, 11) is 0. The molecule has 82 valence electrons. The van der Waals surface area contributed by atoms with Crippen LogP contribution in [0.3, 0.4) is 0 Å². The van der Waals surface area contributed by atoms with E-state index in [9.17, 15) is 0 Å². The average molecular weight is 196 g/mol. The fraction of sp³-hybridized carbons (Fsp3) is 0.833. The minimum absolute atomic E-state index is 0.234. The van der Waals surface area contributed by atoms with E-state index in [2.05, 4.69) is 18.8 Å². The van der Waals surface area contributed by atoms with Crippen LogP contribution in [-0.2, 0) is 0 Å². The van der Waals surface area contributed by atoms with Gasteiger partial charge >= 0.3 is 0 Å². The van der Waals surface area contributed by atoms with Gasteiger partial charge in [-0.15, -0.1) is 6.58 Å². The van der Waals surface area contributed by atoms with Crippen LogP contribution in [0.15, 0.2) is 12.7 Å². The highest BCUT2D eigenvalue weighted by molar-refractivity contribution is 4.99. The molecule has 2 atom stereocenters. The molecule has 1 aliphatic rings. The SMILES string of the molecule is C=CCCNC1(CN)CCCC1CC. The highest BCUT2D eigenvalue weighted by Crippen LogP contribution is 2.37. The first kappa shape index (κ1) is 11.7. The highest BCUT2D eigenvalue weighted by Gasteiger charge is 2.39. The first-order valence-electron chi connectivity index (χ1n) is 5.85. The van der Waals surface area contributed by atoms with Crippen molar-refractivity contribution in [1.82, 2.24) is 5.32 Å². The van der Waals surface area contributed by atoms with Crippen molar-refractivity contribution >= 4 is 0 Å². The molecule has 0 radical (unpaired) electrons. The van der Waals surface area contributed by atoms with E-state index in [1.807, 2.05) is 6.08 Å². The number of nitrogens with two attached hydrogens (primary N) is 1. The molecule has 2 nitrogen and oxygen atoms in total. The Labute approximate surface area is 87.9 Å². The van der Waals surface area contributed by atoms with Gasteiger partial charge in [-0.3, -0.25) is 0 Å². The Morgan fingerprint density at radius 2 is 2.43 bits per heavy atom. The molecule has 0 spiro atoms. The van der Waals surface area contributed by atoms with Crippen molar-refractivity contribution in [2.45, 2.75) is 44.6 Å². The van der Waals surface area contributed by atoms with Gasteiger partial charge in [0.1, 0.15) is 0 Å². The monoisotopic (exact) mass is 196 g/mol. The lowest BCUT2D eigenvalue weighted by molar-refractivity contribution is 0.247. The maximum Gasteiger partial charge on any atom is 0.0332 e. The van der Waals surface area contributed by atoms with Crippen LogP contribution in [-0.4, -0.2) is 18.6 Å². The molecule has 1 aliphatic carbocycles. The molecule has 2 unspecified atom stereocenters. The van der Waals surface area contributed by atoms with Crippen molar-refractivity contribution in [3.8, 4) is 0 Å². The smallest absolute Gasteiger partial charge is 0.0332 e. The van der Waals surface area contributed by atoms with Gasteiger partial charge in [-0.25, -0.2) is 0 Å². The third kappa shape index (κ3) is 2.37. The molecule has 0 saturated heterocycles. The number of hydrogen-bond acceptors (Lipinski definition) is 2. The maximum atomic E-state index is 5.93. The van der Waals surface area contributed by atoms with Crippen LogP contribution in [0.2, 0.25) is 0 Å². The molecule has 2 heteroatoms. The van der Waals surface area contributed by atoms with Gasteiger partial charge in [0, 0.05) is 12.1 Å². The van der Waals surface area contributed by atoms with Crippen LogP contribution >= 0.6 is 0 Å². The molecule has 0 aromatic heterocycles. The van der Waals surface area contributed by atoms with Gasteiger partial charge in [-0.05, 0) is 31.7 Å². The van der Waals surface area contributed by atoms with Crippen LogP contribution in [0.25, 0.3) is 0 Å². The second-order valence-corrected chi connectivity index (χ2v) is 4.36. The van der Waals surface area contributed by atoms with Crippen molar-refractivity contribution in [3.05, 3.63) is 12.7 Å². The molecule has 0 aromatic carbocycles. The average Bonchev–Trinajstić information content (AvgIpc) is 2.62. The van der Waals surface area contributed by atoms with Gasteiger partial charge in [-0.1, -0.05) is 25.8 Å². The van der Waals surface area contributed by atoms with Crippen molar-refractivity contribution in [1.29, 1.82) is 0 Å². The Morgan fingerprint density at radius 1 is 1.64 bits per heavy atom. The largest absolute Gasteiger partial charge is 0.329 e. The number of nitrogens with one attached hydrogen (secondary N) is 1. The summed E-state index contributed by atoms with van der Waals surface area (Å²) in [5.41, 5.74) is 6.16. The van der Waals surface area contributed by atoms with Gasteiger partial charge in [0.25, 0.3) is 0 Å². The Kier molecular flexibility index (Phi) is 4.63. The Bertz CT molecular complexity index is 179. The molecule has 0 aliphatic heterocycles. The molecule has 0 heterocycles. The predicted molar refractivity (Wildman–Crippen MR) is 62.2 cm³/mol. The quantitative estimate of drug-likeness (QED) is 0.504.